The summed E-state index contributed by atoms with van der Waals surface area (Å²) >= 11 is 0. The minimum Gasteiger partial charge on any atom is -0.276 e. The lowest BCUT2D eigenvalue weighted by molar-refractivity contribution is -0.191. The van der Waals surface area contributed by atoms with Gasteiger partial charge in [-0.05, 0) is 12.5 Å². The van der Waals surface area contributed by atoms with Crippen molar-refractivity contribution < 1.29 is 9.59 Å². The molecular weight excluding hydrogens is 144 g/mol. The van der Waals surface area contributed by atoms with Crippen molar-refractivity contribution in [2.75, 3.05) is 0 Å². The maximum absolute atomic E-state index is 8.12. The molecule has 1 rings (SSSR count). The van der Waals surface area contributed by atoms with Gasteiger partial charge in [0.1, 0.15) is 0 Å². The summed E-state index contributed by atoms with van der Waals surface area (Å²) in [6.45, 7) is 2.10. The van der Waals surface area contributed by atoms with E-state index in [9.17, 15) is 0 Å². The normalized spacial score (nSPS) is 7.82. The summed E-state index contributed by atoms with van der Waals surface area (Å²) in [6.07, 6.45) is 3.24. The molecule has 0 amide bonds. The molecule has 0 bridgehead atoms. The van der Waals surface area contributed by atoms with Crippen LogP contribution in [0.5, 0.6) is 0 Å². The zero-order chi connectivity index (χ0) is 8.69. The molecule has 0 spiro atoms. The van der Waals surface area contributed by atoms with Crippen molar-refractivity contribution in [1.29, 1.82) is 0 Å². The lowest BCUT2D eigenvalue weighted by Gasteiger charge is -1.83. The molecule has 1 aromatic heterocycles. The molecule has 4 nitrogen and oxygen atoms in total. The van der Waals surface area contributed by atoms with Crippen LogP contribution in [0.3, 0.4) is 0 Å². The summed E-state index contributed by atoms with van der Waals surface area (Å²) in [6, 6.07) is 2.03. The van der Waals surface area contributed by atoms with E-state index in [1.54, 1.807) is 0 Å². The van der Waals surface area contributed by atoms with E-state index in [2.05, 4.69) is 12.0 Å². The van der Waals surface area contributed by atoms with E-state index in [0.29, 0.717) is 0 Å². The molecule has 0 atom stereocenters. The van der Waals surface area contributed by atoms with Crippen molar-refractivity contribution in [2.24, 2.45) is 7.05 Å². The molecule has 0 radical (unpaired) electrons. The van der Waals surface area contributed by atoms with Crippen LogP contribution in [-0.2, 0) is 23.1 Å². The molecule has 11 heavy (non-hydrogen) atoms. The fraction of sp³-hybridized carbons (Fsp3) is 0.429. The van der Waals surface area contributed by atoms with Gasteiger partial charge in [0.05, 0.1) is 5.69 Å². The second-order valence-corrected chi connectivity index (χ2v) is 1.92. The lowest BCUT2D eigenvalue weighted by atomic mass is 10.4. The predicted octanol–water partition coefficient (Wildman–Crippen LogP) is 0.399. The van der Waals surface area contributed by atoms with Gasteiger partial charge < -0.3 is 0 Å². The van der Waals surface area contributed by atoms with Crippen LogP contribution < -0.4 is 0 Å². The van der Waals surface area contributed by atoms with E-state index in [-0.39, 0.29) is 6.15 Å². The van der Waals surface area contributed by atoms with Gasteiger partial charge in [0, 0.05) is 13.2 Å². The van der Waals surface area contributed by atoms with Gasteiger partial charge >= 0.3 is 6.15 Å². The second-order valence-electron chi connectivity index (χ2n) is 1.92. The Hall–Kier alpha value is -1.41. The predicted molar refractivity (Wildman–Crippen MR) is 37.6 cm³/mol. The van der Waals surface area contributed by atoms with E-state index in [1.165, 1.54) is 0 Å². The van der Waals surface area contributed by atoms with Crippen LogP contribution in [0.2, 0.25) is 0 Å². The third-order valence-electron chi connectivity index (χ3n) is 1.13. The topological polar surface area (TPSA) is 52.0 Å². The zero-order valence-corrected chi connectivity index (χ0v) is 6.57. The van der Waals surface area contributed by atoms with Crippen LogP contribution in [0.15, 0.2) is 12.3 Å². The van der Waals surface area contributed by atoms with Gasteiger partial charge in [-0.15, -0.1) is 0 Å². The highest BCUT2D eigenvalue weighted by Gasteiger charge is 1.88. The van der Waals surface area contributed by atoms with Crippen molar-refractivity contribution in [1.82, 2.24) is 9.78 Å². The summed E-state index contributed by atoms with van der Waals surface area (Å²) in [4.78, 5) is 16.2. The number of aromatic nitrogens is 2. The summed E-state index contributed by atoms with van der Waals surface area (Å²) in [7, 11) is 1.93. The Labute approximate surface area is 64.8 Å². The number of rotatable bonds is 1. The van der Waals surface area contributed by atoms with Crippen LogP contribution in [0.1, 0.15) is 12.6 Å². The Morgan fingerprint density at radius 3 is 2.36 bits per heavy atom. The minimum absolute atomic E-state index is 0.250. The van der Waals surface area contributed by atoms with Gasteiger partial charge in [-0.1, -0.05) is 6.92 Å². The zero-order valence-electron chi connectivity index (χ0n) is 6.57. The molecule has 0 saturated carbocycles. The standard InChI is InChI=1S/C6H10N2.CO2/c1-3-6-4-5-8(2)7-6;2-1-3/h4-5H,3H2,1-2H3;. The van der Waals surface area contributed by atoms with E-state index < -0.39 is 0 Å². The van der Waals surface area contributed by atoms with Crippen molar-refractivity contribution in [2.45, 2.75) is 13.3 Å². The van der Waals surface area contributed by atoms with Crippen LogP contribution in [-0.4, -0.2) is 15.9 Å². The number of aryl methyl sites for hydroxylation is 2. The average Bonchev–Trinajstić information content (AvgIpc) is 2.37. The van der Waals surface area contributed by atoms with Crippen molar-refractivity contribution >= 4 is 6.15 Å². The lowest BCUT2D eigenvalue weighted by Crippen LogP contribution is -1.88. The van der Waals surface area contributed by atoms with E-state index in [1.807, 2.05) is 24.0 Å². The maximum Gasteiger partial charge on any atom is 0.373 e. The molecular formula is C7H10N2O2. The largest absolute Gasteiger partial charge is 0.373 e. The summed E-state index contributed by atoms with van der Waals surface area (Å²) in [5.74, 6) is 0. The number of nitrogens with zero attached hydrogens (tertiary/aromatic N) is 2. The number of hydrogen-bond acceptors (Lipinski definition) is 3. The van der Waals surface area contributed by atoms with Gasteiger partial charge in [-0.3, -0.25) is 4.68 Å². The van der Waals surface area contributed by atoms with Crippen LogP contribution in [0.25, 0.3) is 0 Å². The summed E-state index contributed by atoms with van der Waals surface area (Å²) in [5.41, 5.74) is 1.16. The first-order chi connectivity index (χ1) is 5.24. The van der Waals surface area contributed by atoms with Crippen LogP contribution >= 0.6 is 0 Å². The molecule has 0 saturated heterocycles. The molecule has 1 aromatic rings. The molecule has 4 heteroatoms. The Morgan fingerprint density at radius 2 is 2.18 bits per heavy atom. The van der Waals surface area contributed by atoms with Gasteiger partial charge in [0.25, 0.3) is 0 Å². The van der Waals surface area contributed by atoms with Gasteiger partial charge in [-0.2, -0.15) is 14.7 Å². The highest BCUT2D eigenvalue weighted by molar-refractivity contribution is 5.20. The molecule has 0 aliphatic heterocycles. The molecule has 0 aliphatic rings. The second kappa shape index (κ2) is 5.38. The van der Waals surface area contributed by atoms with Crippen molar-refractivity contribution in [3.63, 3.8) is 0 Å². The fourth-order valence-electron chi connectivity index (χ4n) is 0.652. The quantitative estimate of drug-likeness (QED) is 0.588. The van der Waals surface area contributed by atoms with Gasteiger partial charge in [0.15, 0.2) is 0 Å². The Balaban J connectivity index is 0.000000292. The first kappa shape index (κ1) is 9.59. The Bertz CT molecular complexity index is 236. The third-order valence-corrected chi connectivity index (χ3v) is 1.13. The Morgan fingerprint density at radius 1 is 1.64 bits per heavy atom. The van der Waals surface area contributed by atoms with Crippen molar-refractivity contribution in [3.05, 3.63) is 18.0 Å². The fourth-order valence-corrected chi connectivity index (χ4v) is 0.652. The third kappa shape index (κ3) is 4.06. The minimum atomic E-state index is 0.250. The maximum atomic E-state index is 8.12. The molecule has 0 unspecified atom stereocenters. The van der Waals surface area contributed by atoms with Gasteiger partial charge in [-0.25, -0.2) is 0 Å². The van der Waals surface area contributed by atoms with Crippen LogP contribution in [0, 0.1) is 0 Å². The van der Waals surface area contributed by atoms with E-state index >= 15 is 0 Å². The molecule has 60 valence electrons. The first-order valence-corrected chi connectivity index (χ1v) is 3.22. The Kier molecular flexibility index (Phi) is 4.69. The summed E-state index contributed by atoms with van der Waals surface area (Å²) in [5, 5.41) is 4.15. The van der Waals surface area contributed by atoms with Gasteiger partial charge in [0.2, 0.25) is 0 Å². The number of hydrogen-bond donors (Lipinski definition) is 0. The van der Waals surface area contributed by atoms with Crippen LogP contribution in [0.4, 0.5) is 0 Å². The van der Waals surface area contributed by atoms with Crippen molar-refractivity contribution in [3.8, 4) is 0 Å². The summed E-state index contributed by atoms with van der Waals surface area (Å²) < 4.78 is 1.82. The van der Waals surface area contributed by atoms with E-state index in [0.717, 1.165) is 12.1 Å². The highest BCUT2D eigenvalue weighted by atomic mass is 16.2. The first-order valence-electron chi connectivity index (χ1n) is 3.22. The molecule has 0 N–H and O–H groups in total. The highest BCUT2D eigenvalue weighted by Crippen LogP contribution is 1.92. The SMILES string of the molecule is CCc1ccn(C)n1.O=C=O. The number of carbonyl (C=O) groups excluding carboxylic acids is 2. The molecule has 1 heterocycles. The monoisotopic (exact) mass is 154 g/mol. The average molecular weight is 154 g/mol. The van der Waals surface area contributed by atoms with E-state index in [4.69, 9.17) is 9.59 Å². The molecule has 0 aliphatic carbocycles. The molecule has 0 fully saturated rings. The smallest absolute Gasteiger partial charge is 0.276 e. The molecule has 0 aromatic carbocycles.